The molecule has 1 aliphatic carbocycles. The van der Waals surface area contributed by atoms with Gasteiger partial charge in [-0.15, -0.1) is 0 Å². The Kier molecular flexibility index (Phi) is 2.75. The molecule has 0 radical (unpaired) electrons. The summed E-state index contributed by atoms with van der Waals surface area (Å²) in [7, 11) is 0. The van der Waals surface area contributed by atoms with Gasteiger partial charge in [0.25, 0.3) is 5.91 Å². The Morgan fingerprint density at radius 1 is 1.26 bits per heavy atom. The third kappa shape index (κ3) is 1.65. The zero-order valence-corrected chi connectivity index (χ0v) is 13.7. The summed E-state index contributed by atoms with van der Waals surface area (Å²) in [6.45, 7) is 5.96. The highest BCUT2D eigenvalue weighted by atomic mass is 16.3. The fourth-order valence-corrected chi connectivity index (χ4v) is 4.61. The highest BCUT2D eigenvalue weighted by molar-refractivity contribution is 6.14. The fraction of sp³-hybridized carbons (Fsp3) is 0.474. The van der Waals surface area contributed by atoms with Crippen molar-refractivity contribution < 1.29 is 14.7 Å². The molecule has 1 saturated carbocycles. The molecule has 120 valence electrons. The van der Waals surface area contributed by atoms with Crippen molar-refractivity contribution in [2.45, 2.75) is 51.2 Å². The third-order valence-electron chi connectivity index (χ3n) is 5.58. The minimum Gasteiger partial charge on any atom is -0.375 e. The molecule has 1 aromatic carbocycles. The van der Waals surface area contributed by atoms with Crippen molar-refractivity contribution in [1.29, 1.82) is 0 Å². The Morgan fingerprint density at radius 3 is 2.65 bits per heavy atom. The number of para-hydroxylation sites is 1. The lowest BCUT2D eigenvalue weighted by atomic mass is 9.80. The maximum atomic E-state index is 13.3. The Balaban J connectivity index is 2.00. The number of ketones is 1. The number of benzene rings is 1. The molecular weight excluding hydrogens is 290 g/mol. The van der Waals surface area contributed by atoms with E-state index in [0.29, 0.717) is 18.4 Å². The van der Waals surface area contributed by atoms with Crippen LogP contribution in [0.1, 0.15) is 51.2 Å². The molecule has 1 fully saturated rings. The molecule has 0 saturated heterocycles. The SMILES string of the molecule is CC1=CC(C)(C)N2C(=O)C(O)(C3CCCC3=O)c3cccc1c32. The molecule has 23 heavy (non-hydrogen) atoms. The van der Waals surface area contributed by atoms with Gasteiger partial charge in [-0.25, -0.2) is 0 Å². The van der Waals surface area contributed by atoms with Crippen molar-refractivity contribution in [1.82, 2.24) is 0 Å². The van der Waals surface area contributed by atoms with E-state index in [1.165, 1.54) is 0 Å². The highest BCUT2D eigenvalue weighted by Crippen LogP contribution is 2.54. The van der Waals surface area contributed by atoms with Gasteiger partial charge in [-0.3, -0.25) is 14.5 Å². The number of hydrogen-bond donors (Lipinski definition) is 1. The van der Waals surface area contributed by atoms with Crippen LogP contribution in [0.4, 0.5) is 5.69 Å². The van der Waals surface area contributed by atoms with Crippen molar-refractivity contribution in [3.63, 3.8) is 0 Å². The summed E-state index contributed by atoms with van der Waals surface area (Å²) < 4.78 is 0. The number of carbonyl (C=O) groups is 2. The number of nitrogens with zero attached hydrogens (tertiary/aromatic N) is 1. The molecule has 1 aromatic rings. The van der Waals surface area contributed by atoms with Crippen LogP contribution < -0.4 is 4.90 Å². The van der Waals surface area contributed by atoms with Gasteiger partial charge in [-0.2, -0.15) is 0 Å². The first kappa shape index (κ1) is 14.6. The summed E-state index contributed by atoms with van der Waals surface area (Å²) in [4.78, 5) is 27.2. The van der Waals surface area contributed by atoms with Crippen LogP contribution in [-0.2, 0) is 15.2 Å². The molecule has 0 aromatic heterocycles. The summed E-state index contributed by atoms with van der Waals surface area (Å²) in [6, 6.07) is 5.64. The number of hydrogen-bond acceptors (Lipinski definition) is 3. The van der Waals surface area contributed by atoms with E-state index in [0.717, 1.165) is 23.2 Å². The normalized spacial score (nSPS) is 31.4. The van der Waals surface area contributed by atoms with Crippen LogP contribution in [0.3, 0.4) is 0 Å². The van der Waals surface area contributed by atoms with E-state index in [2.05, 4.69) is 6.08 Å². The van der Waals surface area contributed by atoms with Gasteiger partial charge in [-0.1, -0.05) is 24.3 Å². The second kappa shape index (κ2) is 4.32. The summed E-state index contributed by atoms with van der Waals surface area (Å²) >= 11 is 0. The van der Waals surface area contributed by atoms with Gasteiger partial charge in [0.1, 0.15) is 5.78 Å². The molecule has 2 unspecified atom stereocenters. The summed E-state index contributed by atoms with van der Waals surface area (Å²) in [5.41, 5.74) is 1.21. The molecule has 3 aliphatic rings. The van der Waals surface area contributed by atoms with Crippen LogP contribution in [0.15, 0.2) is 24.3 Å². The zero-order valence-electron chi connectivity index (χ0n) is 13.7. The van der Waals surface area contributed by atoms with E-state index in [9.17, 15) is 14.7 Å². The average molecular weight is 311 g/mol. The molecule has 0 bridgehead atoms. The lowest BCUT2D eigenvalue weighted by Crippen LogP contribution is -2.53. The van der Waals surface area contributed by atoms with E-state index in [-0.39, 0.29) is 11.7 Å². The largest absolute Gasteiger partial charge is 0.375 e. The first-order chi connectivity index (χ1) is 10.8. The van der Waals surface area contributed by atoms with E-state index in [4.69, 9.17) is 0 Å². The number of amides is 1. The topological polar surface area (TPSA) is 57.6 Å². The maximum Gasteiger partial charge on any atom is 0.265 e. The number of aliphatic hydroxyl groups is 1. The van der Waals surface area contributed by atoms with Crippen molar-refractivity contribution in [3.8, 4) is 0 Å². The Morgan fingerprint density at radius 2 is 2.00 bits per heavy atom. The standard InChI is InChI=1S/C19H21NO3/c1-11-10-18(2,3)20-16-12(11)6-4-8-14(16)19(23,17(20)22)13-7-5-9-15(13)21/h4,6,8,10,13,23H,5,7,9H2,1-3H3. The van der Waals surface area contributed by atoms with Crippen LogP contribution in [0.25, 0.3) is 5.57 Å². The quantitative estimate of drug-likeness (QED) is 0.867. The van der Waals surface area contributed by atoms with E-state index < -0.39 is 17.1 Å². The minimum atomic E-state index is -1.71. The lowest BCUT2D eigenvalue weighted by molar-refractivity contribution is -0.148. The first-order valence-corrected chi connectivity index (χ1v) is 8.21. The Labute approximate surface area is 135 Å². The van der Waals surface area contributed by atoms with Crippen molar-refractivity contribution >= 4 is 23.0 Å². The summed E-state index contributed by atoms with van der Waals surface area (Å²) in [5.74, 6) is -0.974. The monoisotopic (exact) mass is 311 g/mol. The average Bonchev–Trinajstić information content (AvgIpc) is 3.00. The van der Waals surface area contributed by atoms with E-state index >= 15 is 0 Å². The number of allylic oxidation sites excluding steroid dienone is 1. The Hall–Kier alpha value is -1.94. The predicted octanol–water partition coefficient (Wildman–Crippen LogP) is 2.79. The van der Waals surface area contributed by atoms with Crippen LogP contribution in [-0.4, -0.2) is 22.3 Å². The molecule has 2 heterocycles. The minimum absolute atomic E-state index is 0.000729. The molecule has 2 aliphatic heterocycles. The maximum absolute atomic E-state index is 13.3. The molecule has 4 nitrogen and oxygen atoms in total. The first-order valence-electron chi connectivity index (χ1n) is 8.21. The predicted molar refractivity (Wildman–Crippen MR) is 87.9 cm³/mol. The summed E-state index contributed by atoms with van der Waals surface area (Å²) in [5, 5.41) is 11.4. The van der Waals surface area contributed by atoms with Gasteiger partial charge in [0, 0.05) is 17.5 Å². The fourth-order valence-electron chi connectivity index (χ4n) is 4.61. The van der Waals surface area contributed by atoms with Crippen LogP contribution in [0.5, 0.6) is 0 Å². The second-order valence-electron chi connectivity index (χ2n) is 7.50. The van der Waals surface area contributed by atoms with Gasteiger partial charge in [0.15, 0.2) is 5.60 Å². The number of rotatable bonds is 1. The molecular formula is C19H21NO3. The van der Waals surface area contributed by atoms with Crippen molar-refractivity contribution in [2.75, 3.05) is 4.90 Å². The van der Waals surface area contributed by atoms with Crippen LogP contribution in [0, 0.1) is 5.92 Å². The van der Waals surface area contributed by atoms with E-state index in [1.54, 1.807) is 11.0 Å². The highest BCUT2D eigenvalue weighted by Gasteiger charge is 2.60. The van der Waals surface area contributed by atoms with Gasteiger partial charge in [0.05, 0.1) is 17.1 Å². The van der Waals surface area contributed by atoms with Gasteiger partial charge in [-0.05, 0) is 39.2 Å². The molecule has 1 N–H and O–H groups in total. The van der Waals surface area contributed by atoms with Crippen LogP contribution >= 0.6 is 0 Å². The summed E-state index contributed by atoms with van der Waals surface area (Å²) in [6.07, 6.45) is 3.83. The number of Topliss-reactive ketones (excluding diaryl/α,β-unsaturated/α-hetero) is 1. The van der Waals surface area contributed by atoms with Gasteiger partial charge < -0.3 is 5.11 Å². The Bertz CT molecular complexity index is 777. The lowest BCUT2D eigenvalue weighted by Gasteiger charge is -2.39. The smallest absolute Gasteiger partial charge is 0.265 e. The molecule has 0 spiro atoms. The molecule has 1 amide bonds. The molecule has 4 heteroatoms. The van der Waals surface area contributed by atoms with Gasteiger partial charge in [0.2, 0.25) is 0 Å². The van der Waals surface area contributed by atoms with Crippen molar-refractivity contribution in [3.05, 3.63) is 35.4 Å². The molecule has 4 rings (SSSR count). The van der Waals surface area contributed by atoms with Crippen molar-refractivity contribution in [2.24, 2.45) is 5.92 Å². The second-order valence-corrected chi connectivity index (χ2v) is 7.50. The van der Waals surface area contributed by atoms with E-state index in [1.807, 2.05) is 32.9 Å². The van der Waals surface area contributed by atoms with Crippen LogP contribution in [0.2, 0.25) is 0 Å². The number of anilines is 1. The van der Waals surface area contributed by atoms with Gasteiger partial charge >= 0.3 is 0 Å². The zero-order chi connectivity index (χ0) is 16.6. The third-order valence-corrected chi connectivity index (χ3v) is 5.58. The number of carbonyl (C=O) groups excluding carboxylic acids is 2. The molecule has 2 atom stereocenters.